The zero-order valence-electron chi connectivity index (χ0n) is 17.7. The molecule has 2 fully saturated rings. The SMILES string of the molecule is CC[C@]1(c2ccccc2)NC(=O)N(CC(=O)N(c2ccccc2)[C@@H]2CCS(=O)(=O)C2)C1=O. The van der Waals surface area contributed by atoms with E-state index in [1.165, 1.54) is 4.90 Å². The van der Waals surface area contributed by atoms with Crippen LogP contribution in [0.2, 0.25) is 0 Å². The largest absolute Gasteiger partial charge is 0.325 e. The zero-order chi connectivity index (χ0) is 22.9. The molecule has 32 heavy (non-hydrogen) atoms. The first-order valence-electron chi connectivity index (χ1n) is 10.5. The third-order valence-corrected chi connectivity index (χ3v) is 7.89. The van der Waals surface area contributed by atoms with E-state index < -0.39 is 45.8 Å². The highest BCUT2D eigenvalue weighted by molar-refractivity contribution is 7.91. The van der Waals surface area contributed by atoms with Gasteiger partial charge in [-0.3, -0.25) is 14.5 Å². The molecule has 4 amide bonds. The van der Waals surface area contributed by atoms with E-state index in [1.54, 1.807) is 61.5 Å². The Kier molecular flexibility index (Phi) is 5.77. The number of anilines is 1. The Balaban J connectivity index is 1.62. The first-order chi connectivity index (χ1) is 15.3. The summed E-state index contributed by atoms with van der Waals surface area (Å²) in [6.45, 7) is 1.33. The fourth-order valence-corrected chi connectivity index (χ4v) is 6.17. The first kappa shape index (κ1) is 22.0. The lowest BCUT2D eigenvalue weighted by Gasteiger charge is -2.30. The summed E-state index contributed by atoms with van der Waals surface area (Å²) in [4.78, 5) is 41.9. The second-order valence-electron chi connectivity index (χ2n) is 8.10. The predicted octanol–water partition coefficient (Wildman–Crippen LogP) is 2.06. The second kappa shape index (κ2) is 8.38. The number of nitrogens with one attached hydrogen (secondary N) is 1. The lowest BCUT2D eigenvalue weighted by atomic mass is 9.87. The van der Waals surface area contributed by atoms with E-state index >= 15 is 0 Å². The van der Waals surface area contributed by atoms with Gasteiger partial charge in [0, 0.05) is 5.69 Å². The lowest BCUT2D eigenvalue weighted by molar-refractivity contribution is -0.134. The molecule has 9 heteroatoms. The Morgan fingerprint density at radius 3 is 2.28 bits per heavy atom. The quantitative estimate of drug-likeness (QED) is 0.672. The smallest absolute Gasteiger partial charge is 0.319 e. The van der Waals surface area contributed by atoms with Crippen LogP contribution in [0, 0.1) is 0 Å². The maximum absolute atomic E-state index is 13.4. The number of amides is 4. The molecule has 168 valence electrons. The molecule has 2 saturated heterocycles. The Bertz CT molecular complexity index is 1140. The van der Waals surface area contributed by atoms with Gasteiger partial charge in [0.05, 0.1) is 17.5 Å². The van der Waals surface area contributed by atoms with Crippen LogP contribution in [0.5, 0.6) is 0 Å². The maximum atomic E-state index is 13.4. The molecule has 2 aromatic rings. The van der Waals surface area contributed by atoms with E-state index in [4.69, 9.17) is 0 Å². The highest BCUT2D eigenvalue weighted by atomic mass is 32.2. The van der Waals surface area contributed by atoms with Crippen molar-refractivity contribution in [2.45, 2.75) is 31.3 Å². The lowest BCUT2D eigenvalue weighted by Crippen LogP contribution is -2.49. The average Bonchev–Trinajstić information content (AvgIpc) is 3.26. The van der Waals surface area contributed by atoms with Crippen LogP contribution in [0.15, 0.2) is 60.7 Å². The monoisotopic (exact) mass is 455 g/mol. The number of hydrogen-bond acceptors (Lipinski definition) is 5. The van der Waals surface area contributed by atoms with E-state index in [0.29, 0.717) is 24.1 Å². The molecule has 2 aliphatic rings. The van der Waals surface area contributed by atoms with Gasteiger partial charge in [-0.15, -0.1) is 0 Å². The van der Waals surface area contributed by atoms with E-state index in [1.807, 2.05) is 6.07 Å². The van der Waals surface area contributed by atoms with Crippen LogP contribution in [0.4, 0.5) is 10.5 Å². The Labute approximate surface area is 187 Å². The highest BCUT2D eigenvalue weighted by Gasteiger charge is 2.52. The van der Waals surface area contributed by atoms with E-state index in [2.05, 4.69) is 5.32 Å². The summed E-state index contributed by atoms with van der Waals surface area (Å²) in [5.74, 6) is -1.13. The molecule has 0 bridgehead atoms. The molecule has 0 saturated carbocycles. The first-order valence-corrected chi connectivity index (χ1v) is 12.4. The Morgan fingerprint density at radius 2 is 1.72 bits per heavy atom. The van der Waals surface area contributed by atoms with Gasteiger partial charge in [-0.1, -0.05) is 55.5 Å². The summed E-state index contributed by atoms with van der Waals surface area (Å²) in [7, 11) is -3.24. The van der Waals surface area contributed by atoms with E-state index in [0.717, 1.165) is 4.90 Å². The average molecular weight is 456 g/mol. The third kappa shape index (κ3) is 3.88. The molecule has 0 aliphatic carbocycles. The number of hydrogen-bond donors (Lipinski definition) is 1. The summed E-state index contributed by atoms with van der Waals surface area (Å²) in [6.07, 6.45) is 0.640. The van der Waals surface area contributed by atoms with Gasteiger partial charge in [0.1, 0.15) is 12.1 Å². The summed E-state index contributed by atoms with van der Waals surface area (Å²) in [5, 5.41) is 2.77. The minimum atomic E-state index is -3.24. The number of nitrogens with zero attached hydrogens (tertiary/aromatic N) is 2. The van der Waals surface area contributed by atoms with Crippen molar-refractivity contribution in [2.24, 2.45) is 0 Å². The molecule has 2 heterocycles. The molecular formula is C23H25N3O5S. The summed E-state index contributed by atoms with van der Waals surface area (Å²) >= 11 is 0. The molecule has 2 aliphatic heterocycles. The summed E-state index contributed by atoms with van der Waals surface area (Å²) in [5.41, 5.74) is -0.0403. The summed E-state index contributed by atoms with van der Waals surface area (Å²) in [6, 6.07) is 16.5. The van der Waals surface area contributed by atoms with Gasteiger partial charge < -0.3 is 10.2 Å². The van der Waals surface area contributed by atoms with Crippen LogP contribution in [0.25, 0.3) is 0 Å². The highest BCUT2D eigenvalue weighted by Crippen LogP contribution is 2.33. The van der Waals surface area contributed by atoms with Crippen molar-refractivity contribution in [1.29, 1.82) is 0 Å². The van der Waals surface area contributed by atoms with Crippen LogP contribution in [0.3, 0.4) is 0 Å². The fourth-order valence-electron chi connectivity index (χ4n) is 4.47. The van der Waals surface area contributed by atoms with Crippen molar-refractivity contribution in [2.75, 3.05) is 23.0 Å². The van der Waals surface area contributed by atoms with Gasteiger partial charge in [0.2, 0.25) is 5.91 Å². The number of benzene rings is 2. The van der Waals surface area contributed by atoms with Gasteiger partial charge >= 0.3 is 6.03 Å². The minimum absolute atomic E-state index is 0.00433. The molecule has 0 aromatic heterocycles. The number of rotatable bonds is 6. The normalized spacial score (nSPS) is 24.4. The van der Waals surface area contributed by atoms with Gasteiger partial charge in [-0.25, -0.2) is 13.2 Å². The second-order valence-corrected chi connectivity index (χ2v) is 10.3. The van der Waals surface area contributed by atoms with Gasteiger partial charge in [-0.05, 0) is 30.5 Å². The number of carbonyl (C=O) groups excluding carboxylic acids is 3. The van der Waals surface area contributed by atoms with E-state index in [-0.39, 0.29) is 11.5 Å². The third-order valence-electron chi connectivity index (χ3n) is 6.14. The van der Waals surface area contributed by atoms with Gasteiger partial charge in [0.15, 0.2) is 9.84 Å². The van der Waals surface area contributed by atoms with Crippen LogP contribution in [-0.2, 0) is 25.0 Å². The zero-order valence-corrected chi connectivity index (χ0v) is 18.5. The summed E-state index contributed by atoms with van der Waals surface area (Å²) < 4.78 is 24.1. The Hall–Kier alpha value is -3.20. The number of sulfone groups is 1. The topological polar surface area (TPSA) is 104 Å². The van der Waals surface area contributed by atoms with Crippen LogP contribution in [-0.4, -0.2) is 55.3 Å². The standard InChI is InChI=1S/C23H25N3O5S/c1-2-23(17-9-5-3-6-10-17)21(28)25(22(29)24-23)15-20(27)26(18-11-7-4-8-12-18)19-13-14-32(30,31)16-19/h3-12,19H,2,13-16H2,1H3,(H,24,29)/t19-,23-/m1/s1. The number of urea groups is 1. The van der Waals surface area contributed by atoms with Crippen molar-refractivity contribution in [1.82, 2.24) is 10.2 Å². The molecule has 1 N–H and O–H groups in total. The van der Waals surface area contributed by atoms with Crippen LogP contribution < -0.4 is 10.2 Å². The maximum Gasteiger partial charge on any atom is 0.325 e. The Morgan fingerprint density at radius 1 is 1.09 bits per heavy atom. The van der Waals surface area contributed by atoms with Crippen LogP contribution in [0.1, 0.15) is 25.3 Å². The van der Waals surface area contributed by atoms with Gasteiger partial charge in [-0.2, -0.15) is 0 Å². The fraction of sp³-hybridized carbons (Fsp3) is 0.348. The molecule has 2 atom stereocenters. The molecule has 0 radical (unpaired) electrons. The molecule has 2 aromatic carbocycles. The minimum Gasteiger partial charge on any atom is -0.319 e. The molecule has 0 spiro atoms. The molecular weight excluding hydrogens is 430 g/mol. The van der Waals surface area contributed by atoms with E-state index in [9.17, 15) is 22.8 Å². The molecule has 0 unspecified atom stereocenters. The van der Waals surface area contributed by atoms with Crippen molar-refractivity contribution in [3.8, 4) is 0 Å². The van der Waals surface area contributed by atoms with Gasteiger partial charge in [0.25, 0.3) is 5.91 Å². The van der Waals surface area contributed by atoms with Crippen molar-refractivity contribution >= 4 is 33.4 Å². The number of carbonyl (C=O) groups is 3. The number of para-hydroxylation sites is 1. The van der Waals surface area contributed by atoms with Crippen molar-refractivity contribution in [3.63, 3.8) is 0 Å². The molecule has 4 rings (SSSR count). The van der Waals surface area contributed by atoms with Crippen LogP contribution >= 0.6 is 0 Å². The predicted molar refractivity (Wildman–Crippen MR) is 120 cm³/mol. The number of imide groups is 1. The van der Waals surface area contributed by atoms with Crippen molar-refractivity contribution in [3.05, 3.63) is 66.2 Å². The molecule has 8 nitrogen and oxygen atoms in total. The van der Waals surface area contributed by atoms with Crippen molar-refractivity contribution < 1.29 is 22.8 Å².